The topological polar surface area (TPSA) is 86.9 Å². The molecule has 0 unspecified atom stereocenters. The molecule has 0 aliphatic heterocycles. The van der Waals surface area contributed by atoms with Crippen LogP contribution in [0.5, 0.6) is 0 Å². The van der Waals surface area contributed by atoms with Crippen molar-refractivity contribution in [1.29, 1.82) is 0 Å². The lowest BCUT2D eigenvalue weighted by Crippen LogP contribution is -2.12. The van der Waals surface area contributed by atoms with Crippen LogP contribution >= 0.6 is 11.3 Å². The first-order valence-electron chi connectivity index (χ1n) is 9.85. The number of rotatable bonds is 5. The fraction of sp³-hybridized carbons (Fsp3) is 0.174. The van der Waals surface area contributed by atoms with Crippen LogP contribution in [0.4, 0.5) is 10.7 Å². The van der Waals surface area contributed by atoms with Crippen LogP contribution in [0.1, 0.15) is 28.1 Å². The minimum Gasteiger partial charge on any atom is -0.338 e. The highest BCUT2D eigenvalue weighted by molar-refractivity contribution is 7.18. The molecule has 1 aliphatic carbocycles. The molecule has 150 valence electrons. The van der Waals surface area contributed by atoms with E-state index < -0.39 is 0 Å². The number of carbonyl (C=O) groups is 2. The number of anilines is 2. The number of aryl methyl sites for hydroxylation is 1. The Morgan fingerprint density at radius 3 is 2.63 bits per heavy atom. The molecule has 0 radical (unpaired) electrons. The summed E-state index contributed by atoms with van der Waals surface area (Å²) in [6, 6.07) is 17.3. The zero-order valence-corrected chi connectivity index (χ0v) is 17.2. The SMILES string of the molecule is Cc1cc(NC(=O)C2CC2)sc1C(=O)Nc1ccccc1-c1nc2ccccc2[nH]1. The zero-order chi connectivity index (χ0) is 20.7. The molecule has 7 heteroatoms. The Morgan fingerprint density at radius 1 is 1.07 bits per heavy atom. The highest BCUT2D eigenvalue weighted by Gasteiger charge is 2.30. The summed E-state index contributed by atoms with van der Waals surface area (Å²) in [5.41, 5.74) is 4.15. The van der Waals surface area contributed by atoms with Gasteiger partial charge in [-0.1, -0.05) is 24.3 Å². The number of amides is 2. The molecule has 2 aromatic heterocycles. The van der Waals surface area contributed by atoms with E-state index in [-0.39, 0.29) is 17.7 Å². The fourth-order valence-electron chi connectivity index (χ4n) is 3.40. The lowest BCUT2D eigenvalue weighted by atomic mass is 10.1. The molecule has 4 aromatic rings. The standard InChI is InChI=1S/C23H20N4O2S/c1-13-12-19(27-22(28)14-10-11-14)30-20(13)23(29)26-16-7-3-2-6-15(16)21-24-17-8-4-5-9-18(17)25-21/h2-9,12,14H,10-11H2,1H3,(H,24,25)(H,26,29)(H,27,28). The van der Waals surface area contributed by atoms with Crippen molar-refractivity contribution in [1.82, 2.24) is 9.97 Å². The number of hydrogen-bond acceptors (Lipinski definition) is 4. The van der Waals surface area contributed by atoms with Crippen LogP contribution in [0.25, 0.3) is 22.4 Å². The first-order valence-corrected chi connectivity index (χ1v) is 10.7. The molecular formula is C23H20N4O2S. The van der Waals surface area contributed by atoms with Gasteiger partial charge in [-0.05, 0) is 55.7 Å². The second-order valence-electron chi connectivity index (χ2n) is 7.49. The van der Waals surface area contributed by atoms with E-state index in [9.17, 15) is 9.59 Å². The quantitative estimate of drug-likeness (QED) is 0.418. The first kappa shape index (κ1) is 18.6. The third kappa shape index (κ3) is 3.59. The number of thiophene rings is 1. The van der Waals surface area contributed by atoms with Gasteiger partial charge in [-0.3, -0.25) is 9.59 Å². The summed E-state index contributed by atoms with van der Waals surface area (Å²) in [6.07, 6.45) is 1.89. The minimum atomic E-state index is -0.201. The van der Waals surface area contributed by atoms with Crippen molar-refractivity contribution in [3.63, 3.8) is 0 Å². The minimum absolute atomic E-state index is 0.0402. The summed E-state index contributed by atoms with van der Waals surface area (Å²) in [4.78, 5) is 33.6. The van der Waals surface area contributed by atoms with Gasteiger partial charge in [-0.2, -0.15) is 0 Å². The van der Waals surface area contributed by atoms with Crippen LogP contribution < -0.4 is 10.6 Å². The van der Waals surface area contributed by atoms with Crippen molar-refractivity contribution in [2.45, 2.75) is 19.8 Å². The van der Waals surface area contributed by atoms with E-state index in [1.165, 1.54) is 11.3 Å². The largest absolute Gasteiger partial charge is 0.338 e. The molecule has 0 atom stereocenters. The zero-order valence-electron chi connectivity index (χ0n) is 16.4. The number of imidazole rings is 1. The van der Waals surface area contributed by atoms with Gasteiger partial charge in [0.25, 0.3) is 5.91 Å². The predicted octanol–water partition coefficient (Wildman–Crippen LogP) is 5.20. The Balaban J connectivity index is 1.40. The molecular weight excluding hydrogens is 396 g/mol. The number of aromatic nitrogens is 2. The number of hydrogen-bond donors (Lipinski definition) is 3. The van der Waals surface area contributed by atoms with Crippen LogP contribution in [0.2, 0.25) is 0 Å². The van der Waals surface area contributed by atoms with E-state index in [0.717, 1.165) is 35.0 Å². The summed E-state index contributed by atoms with van der Waals surface area (Å²) in [5, 5.41) is 6.64. The summed E-state index contributed by atoms with van der Waals surface area (Å²) in [6.45, 7) is 1.88. The number of benzene rings is 2. The monoisotopic (exact) mass is 416 g/mol. The Kier molecular flexibility index (Phi) is 4.59. The Bertz CT molecular complexity index is 1240. The van der Waals surface area contributed by atoms with Crippen LogP contribution in [0.3, 0.4) is 0 Å². The Labute approximate surface area is 177 Å². The predicted molar refractivity (Wildman–Crippen MR) is 120 cm³/mol. The van der Waals surface area contributed by atoms with Gasteiger partial charge in [0.05, 0.1) is 26.6 Å². The van der Waals surface area contributed by atoms with Gasteiger partial charge in [0.15, 0.2) is 0 Å². The molecule has 6 nitrogen and oxygen atoms in total. The maximum atomic E-state index is 13.0. The van der Waals surface area contributed by atoms with Gasteiger partial charge >= 0.3 is 0 Å². The van der Waals surface area contributed by atoms with E-state index in [4.69, 9.17) is 0 Å². The van der Waals surface area contributed by atoms with Crippen LogP contribution in [0.15, 0.2) is 54.6 Å². The van der Waals surface area contributed by atoms with E-state index in [0.29, 0.717) is 21.4 Å². The molecule has 1 aliphatic rings. The molecule has 0 spiro atoms. The maximum Gasteiger partial charge on any atom is 0.266 e. The first-order chi connectivity index (χ1) is 14.6. The second-order valence-corrected chi connectivity index (χ2v) is 8.54. The van der Waals surface area contributed by atoms with Crippen molar-refractivity contribution in [2.24, 2.45) is 5.92 Å². The smallest absolute Gasteiger partial charge is 0.266 e. The van der Waals surface area contributed by atoms with E-state index in [1.807, 2.05) is 61.5 Å². The van der Waals surface area contributed by atoms with Crippen molar-refractivity contribution < 1.29 is 9.59 Å². The van der Waals surface area contributed by atoms with Crippen molar-refractivity contribution in [3.8, 4) is 11.4 Å². The van der Waals surface area contributed by atoms with Gasteiger partial charge in [0.2, 0.25) is 5.91 Å². The molecule has 1 fully saturated rings. The molecule has 1 saturated carbocycles. The highest BCUT2D eigenvalue weighted by atomic mass is 32.1. The van der Waals surface area contributed by atoms with Crippen LogP contribution in [-0.4, -0.2) is 21.8 Å². The van der Waals surface area contributed by atoms with Crippen molar-refractivity contribution in [2.75, 3.05) is 10.6 Å². The number of aromatic amines is 1. The summed E-state index contributed by atoms with van der Waals surface area (Å²) in [5.74, 6) is 0.666. The average Bonchev–Trinajstić information content (AvgIpc) is 3.41. The molecule has 5 rings (SSSR count). The lowest BCUT2D eigenvalue weighted by molar-refractivity contribution is -0.117. The molecule has 3 N–H and O–H groups in total. The number of para-hydroxylation sites is 3. The highest BCUT2D eigenvalue weighted by Crippen LogP contribution is 2.34. The molecule has 2 heterocycles. The van der Waals surface area contributed by atoms with Gasteiger partial charge in [0, 0.05) is 11.5 Å². The normalized spacial score (nSPS) is 13.4. The van der Waals surface area contributed by atoms with E-state index >= 15 is 0 Å². The third-order valence-corrected chi connectivity index (χ3v) is 6.29. The number of nitrogens with one attached hydrogen (secondary N) is 3. The molecule has 30 heavy (non-hydrogen) atoms. The molecule has 0 saturated heterocycles. The van der Waals surface area contributed by atoms with Gasteiger partial charge in [0.1, 0.15) is 5.82 Å². The number of fused-ring (bicyclic) bond motifs is 1. The van der Waals surface area contributed by atoms with Gasteiger partial charge < -0.3 is 15.6 Å². The van der Waals surface area contributed by atoms with Crippen molar-refractivity contribution in [3.05, 3.63) is 65.0 Å². The number of H-pyrrole nitrogens is 1. The van der Waals surface area contributed by atoms with Gasteiger partial charge in [-0.15, -0.1) is 11.3 Å². The summed E-state index contributed by atoms with van der Waals surface area (Å²) in [7, 11) is 0. The van der Waals surface area contributed by atoms with Gasteiger partial charge in [-0.25, -0.2) is 4.98 Å². The Hall–Kier alpha value is -3.45. The third-order valence-electron chi connectivity index (χ3n) is 5.14. The number of nitrogens with zero attached hydrogens (tertiary/aromatic N) is 1. The fourth-order valence-corrected chi connectivity index (χ4v) is 4.37. The molecule has 2 amide bonds. The maximum absolute atomic E-state index is 13.0. The molecule has 2 aromatic carbocycles. The molecule has 0 bridgehead atoms. The Morgan fingerprint density at radius 2 is 1.83 bits per heavy atom. The van der Waals surface area contributed by atoms with E-state index in [2.05, 4.69) is 20.6 Å². The van der Waals surface area contributed by atoms with Crippen LogP contribution in [-0.2, 0) is 4.79 Å². The van der Waals surface area contributed by atoms with Crippen LogP contribution in [0, 0.1) is 12.8 Å². The second kappa shape index (κ2) is 7.42. The van der Waals surface area contributed by atoms with Crippen molar-refractivity contribution >= 4 is 44.9 Å². The summed E-state index contributed by atoms with van der Waals surface area (Å²) < 4.78 is 0. The van der Waals surface area contributed by atoms with E-state index in [1.54, 1.807) is 0 Å². The number of carbonyl (C=O) groups excluding carboxylic acids is 2. The lowest BCUT2D eigenvalue weighted by Gasteiger charge is -2.09. The summed E-state index contributed by atoms with van der Waals surface area (Å²) >= 11 is 1.30. The average molecular weight is 417 g/mol.